The minimum Gasteiger partial charge on any atom is -0.314 e. The first kappa shape index (κ1) is 14.4. The summed E-state index contributed by atoms with van der Waals surface area (Å²) in [5.74, 6) is 0. The van der Waals surface area contributed by atoms with E-state index < -0.39 is 11.7 Å². The number of hydrogen-bond donors (Lipinski definition) is 1. The third-order valence-corrected chi connectivity index (χ3v) is 3.70. The minimum absolute atomic E-state index is 0.268. The van der Waals surface area contributed by atoms with Gasteiger partial charge in [0.2, 0.25) is 0 Å². The minimum atomic E-state index is -4.24. The molecule has 1 aliphatic rings. The summed E-state index contributed by atoms with van der Waals surface area (Å²) in [5, 5.41) is 3.42. The first-order valence-corrected chi connectivity index (χ1v) is 6.70. The molecular weight excluding hydrogens is 251 g/mol. The molecule has 1 N–H and O–H groups in total. The largest absolute Gasteiger partial charge is 0.416 e. The highest BCUT2D eigenvalue weighted by atomic mass is 19.4. The number of benzene rings is 1. The Bertz CT molecular complexity index is 416. The lowest BCUT2D eigenvalue weighted by atomic mass is 9.95. The molecule has 106 valence electrons. The molecule has 1 nitrogen and oxygen atoms in total. The van der Waals surface area contributed by atoms with Crippen LogP contribution in [0.3, 0.4) is 0 Å². The monoisotopic (exact) mass is 271 g/mol. The van der Waals surface area contributed by atoms with Crippen LogP contribution in [-0.2, 0) is 12.6 Å². The van der Waals surface area contributed by atoms with Crippen LogP contribution >= 0.6 is 0 Å². The van der Waals surface area contributed by atoms with Gasteiger partial charge < -0.3 is 5.32 Å². The lowest BCUT2D eigenvalue weighted by Gasteiger charge is -2.18. The molecular formula is C15H20F3N. The van der Waals surface area contributed by atoms with Crippen LogP contribution < -0.4 is 5.32 Å². The zero-order chi connectivity index (χ0) is 14.1. The molecule has 0 saturated heterocycles. The quantitative estimate of drug-likeness (QED) is 0.852. The van der Waals surface area contributed by atoms with Crippen LogP contribution in [0.2, 0.25) is 0 Å². The second-order valence-electron chi connectivity index (χ2n) is 5.91. The standard InChI is InChI=1S/C15H20F3N/c1-11(2)19-10-14(7-8-14)9-12-3-5-13(6-4-12)15(16,17)18/h3-6,11,19H,7-10H2,1-2H3. The molecule has 0 atom stereocenters. The Morgan fingerprint density at radius 2 is 1.74 bits per heavy atom. The van der Waals surface area contributed by atoms with Gasteiger partial charge in [-0.3, -0.25) is 0 Å². The molecule has 0 aromatic heterocycles. The van der Waals surface area contributed by atoms with Crippen molar-refractivity contribution in [3.05, 3.63) is 35.4 Å². The maximum Gasteiger partial charge on any atom is 0.416 e. The Hall–Kier alpha value is -1.03. The zero-order valence-electron chi connectivity index (χ0n) is 11.3. The Morgan fingerprint density at radius 3 is 2.16 bits per heavy atom. The van der Waals surface area contributed by atoms with Crippen molar-refractivity contribution in [3.63, 3.8) is 0 Å². The first-order valence-electron chi connectivity index (χ1n) is 6.70. The Labute approximate surface area is 112 Å². The topological polar surface area (TPSA) is 12.0 Å². The van der Waals surface area contributed by atoms with Gasteiger partial charge in [0, 0.05) is 12.6 Å². The molecule has 1 fully saturated rings. The summed E-state index contributed by atoms with van der Waals surface area (Å²) < 4.78 is 37.4. The fourth-order valence-electron chi connectivity index (χ4n) is 2.26. The van der Waals surface area contributed by atoms with Gasteiger partial charge in [0.25, 0.3) is 0 Å². The second kappa shape index (κ2) is 5.16. The van der Waals surface area contributed by atoms with Crippen LogP contribution in [0.1, 0.15) is 37.8 Å². The van der Waals surface area contributed by atoms with Crippen molar-refractivity contribution in [1.82, 2.24) is 5.32 Å². The number of nitrogens with one attached hydrogen (secondary N) is 1. The maximum absolute atomic E-state index is 12.5. The summed E-state index contributed by atoms with van der Waals surface area (Å²) >= 11 is 0. The molecule has 19 heavy (non-hydrogen) atoms. The van der Waals surface area contributed by atoms with Gasteiger partial charge in [0.1, 0.15) is 0 Å². The van der Waals surface area contributed by atoms with Crippen LogP contribution in [0.25, 0.3) is 0 Å². The Morgan fingerprint density at radius 1 is 1.16 bits per heavy atom. The average molecular weight is 271 g/mol. The predicted octanol–water partition coefficient (Wildman–Crippen LogP) is 4.03. The summed E-state index contributed by atoms with van der Waals surface area (Å²) in [6, 6.07) is 6.03. The normalized spacial score (nSPS) is 17.8. The van der Waals surface area contributed by atoms with Gasteiger partial charge in [-0.1, -0.05) is 26.0 Å². The number of alkyl halides is 3. The highest BCUT2D eigenvalue weighted by molar-refractivity contribution is 5.26. The molecule has 0 amide bonds. The van der Waals surface area contributed by atoms with Gasteiger partial charge >= 0.3 is 6.18 Å². The Kier molecular flexibility index (Phi) is 3.90. The summed E-state index contributed by atoms with van der Waals surface area (Å²) in [7, 11) is 0. The van der Waals surface area contributed by atoms with Gasteiger partial charge in [-0.2, -0.15) is 13.2 Å². The zero-order valence-corrected chi connectivity index (χ0v) is 11.3. The highest BCUT2D eigenvalue weighted by Crippen LogP contribution is 2.48. The SMILES string of the molecule is CC(C)NCC1(Cc2ccc(C(F)(F)F)cc2)CC1. The molecule has 0 unspecified atom stereocenters. The molecule has 4 heteroatoms. The van der Waals surface area contributed by atoms with Crippen molar-refractivity contribution < 1.29 is 13.2 Å². The molecule has 0 bridgehead atoms. The molecule has 1 aliphatic carbocycles. The average Bonchev–Trinajstić information content (AvgIpc) is 3.06. The van der Waals surface area contributed by atoms with E-state index in [1.54, 1.807) is 12.1 Å². The van der Waals surface area contributed by atoms with Crippen molar-refractivity contribution in [1.29, 1.82) is 0 Å². The van der Waals surface area contributed by atoms with Gasteiger partial charge in [-0.25, -0.2) is 0 Å². The van der Waals surface area contributed by atoms with Crippen LogP contribution in [0.5, 0.6) is 0 Å². The molecule has 2 rings (SSSR count). The van der Waals surface area contributed by atoms with Crippen molar-refractivity contribution in [2.24, 2.45) is 5.41 Å². The first-order chi connectivity index (χ1) is 8.81. The second-order valence-corrected chi connectivity index (χ2v) is 5.91. The fraction of sp³-hybridized carbons (Fsp3) is 0.600. The predicted molar refractivity (Wildman–Crippen MR) is 70.0 cm³/mol. The van der Waals surface area contributed by atoms with E-state index in [-0.39, 0.29) is 5.41 Å². The van der Waals surface area contributed by atoms with E-state index in [4.69, 9.17) is 0 Å². The van der Waals surface area contributed by atoms with Crippen molar-refractivity contribution >= 4 is 0 Å². The number of halogens is 3. The van der Waals surface area contributed by atoms with E-state index in [0.717, 1.165) is 31.4 Å². The van der Waals surface area contributed by atoms with Gasteiger partial charge in [-0.05, 0) is 42.4 Å². The molecule has 0 heterocycles. The van der Waals surface area contributed by atoms with E-state index in [0.29, 0.717) is 6.04 Å². The number of hydrogen-bond acceptors (Lipinski definition) is 1. The van der Waals surface area contributed by atoms with Crippen molar-refractivity contribution in [2.45, 2.75) is 45.3 Å². The van der Waals surface area contributed by atoms with Gasteiger partial charge in [0.15, 0.2) is 0 Å². The molecule has 1 aromatic carbocycles. The van der Waals surface area contributed by atoms with Gasteiger partial charge in [-0.15, -0.1) is 0 Å². The molecule has 1 aromatic rings. The summed E-state index contributed by atoms with van der Waals surface area (Å²) in [5.41, 5.74) is 0.696. The van der Waals surface area contributed by atoms with E-state index in [2.05, 4.69) is 19.2 Å². The molecule has 0 aliphatic heterocycles. The summed E-state index contributed by atoms with van der Waals surface area (Å²) in [4.78, 5) is 0. The summed E-state index contributed by atoms with van der Waals surface area (Å²) in [6.45, 7) is 5.16. The number of rotatable bonds is 5. The lowest BCUT2D eigenvalue weighted by Crippen LogP contribution is -2.30. The molecule has 0 radical (unpaired) electrons. The van der Waals surface area contributed by atoms with Gasteiger partial charge in [0.05, 0.1) is 5.56 Å². The van der Waals surface area contributed by atoms with Crippen molar-refractivity contribution in [3.8, 4) is 0 Å². The van der Waals surface area contributed by atoms with Crippen LogP contribution in [-0.4, -0.2) is 12.6 Å². The van der Waals surface area contributed by atoms with E-state index in [9.17, 15) is 13.2 Å². The summed E-state index contributed by atoms with van der Waals surface area (Å²) in [6.07, 6.45) is -1.05. The van der Waals surface area contributed by atoms with Crippen LogP contribution in [0.4, 0.5) is 13.2 Å². The lowest BCUT2D eigenvalue weighted by molar-refractivity contribution is -0.137. The van der Waals surface area contributed by atoms with E-state index in [1.165, 1.54) is 12.1 Å². The van der Waals surface area contributed by atoms with E-state index in [1.807, 2.05) is 0 Å². The molecule has 0 spiro atoms. The molecule has 1 saturated carbocycles. The fourth-order valence-corrected chi connectivity index (χ4v) is 2.26. The highest BCUT2D eigenvalue weighted by Gasteiger charge is 2.42. The van der Waals surface area contributed by atoms with E-state index >= 15 is 0 Å². The smallest absolute Gasteiger partial charge is 0.314 e. The Balaban J connectivity index is 1.96. The third-order valence-electron chi connectivity index (χ3n) is 3.70. The third kappa shape index (κ3) is 3.96. The van der Waals surface area contributed by atoms with Crippen LogP contribution in [0.15, 0.2) is 24.3 Å². The maximum atomic E-state index is 12.5. The van der Waals surface area contributed by atoms with Crippen LogP contribution in [0, 0.1) is 5.41 Å². The van der Waals surface area contributed by atoms with Crippen molar-refractivity contribution in [2.75, 3.05) is 6.54 Å².